The number of rotatable bonds is 4. The van der Waals surface area contributed by atoms with Crippen molar-refractivity contribution in [1.82, 2.24) is 4.98 Å². The van der Waals surface area contributed by atoms with Gasteiger partial charge >= 0.3 is 5.97 Å². The Bertz CT molecular complexity index is 725. The zero-order valence-corrected chi connectivity index (χ0v) is 10.8. The Hall–Kier alpha value is -2.06. The van der Waals surface area contributed by atoms with Crippen LogP contribution in [0.1, 0.15) is 10.6 Å². The van der Waals surface area contributed by atoms with Crippen LogP contribution in [0.25, 0.3) is 0 Å². The summed E-state index contributed by atoms with van der Waals surface area (Å²) in [5, 5.41) is 8.27. The summed E-state index contributed by atoms with van der Waals surface area (Å²) in [6.45, 7) is 0. The fourth-order valence-corrected chi connectivity index (χ4v) is 2.41. The maximum atomic E-state index is 11.9. The molecule has 100 valence electrons. The molecule has 0 radical (unpaired) electrons. The molecule has 2 heterocycles. The molecule has 0 unspecified atom stereocenters. The summed E-state index contributed by atoms with van der Waals surface area (Å²) in [6, 6.07) is 4.80. The van der Waals surface area contributed by atoms with Crippen LogP contribution < -0.4 is 4.72 Å². The molecule has 0 fully saturated rings. The van der Waals surface area contributed by atoms with Gasteiger partial charge in [0.1, 0.15) is 5.15 Å². The van der Waals surface area contributed by atoms with Crippen LogP contribution in [0.15, 0.2) is 40.0 Å². The van der Waals surface area contributed by atoms with Gasteiger partial charge in [0.25, 0.3) is 10.0 Å². The van der Waals surface area contributed by atoms with Gasteiger partial charge in [-0.05, 0) is 24.3 Å². The van der Waals surface area contributed by atoms with Gasteiger partial charge < -0.3 is 9.52 Å². The number of hydrogen-bond donors (Lipinski definition) is 2. The summed E-state index contributed by atoms with van der Waals surface area (Å²) in [5.41, 5.74) is 0.188. The normalized spacial score (nSPS) is 11.2. The molecular weight excluding hydrogens is 296 g/mol. The highest BCUT2D eigenvalue weighted by Gasteiger charge is 2.21. The van der Waals surface area contributed by atoms with E-state index in [-0.39, 0.29) is 10.8 Å². The van der Waals surface area contributed by atoms with Gasteiger partial charge in [-0.3, -0.25) is 4.72 Å². The van der Waals surface area contributed by atoms with Crippen LogP contribution in [-0.4, -0.2) is 24.5 Å². The van der Waals surface area contributed by atoms with Gasteiger partial charge in [-0.25, -0.2) is 9.78 Å². The van der Waals surface area contributed by atoms with E-state index in [0.29, 0.717) is 0 Å². The average molecular weight is 303 g/mol. The van der Waals surface area contributed by atoms with Crippen LogP contribution in [0.3, 0.4) is 0 Å². The first-order valence-corrected chi connectivity index (χ1v) is 6.72. The van der Waals surface area contributed by atoms with Gasteiger partial charge in [0.2, 0.25) is 10.9 Å². The van der Waals surface area contributed by atoms with E-state index < -0.39 is 26.8 Å². The monoisotopic (exact) mass is 302 g/mol. The van der Waals surface area contributed by atoms with Crippen molar-refractivity contribution in [3.8, 4) is 0 Å². The topological polar surface area (TPSA) is 110 Å². The number of pyridine rings is 1. The number of nitrogens with one attached hydrogen (secondary N) is 1. The van der Waals surface area contributed by atoms with Crippen molar-refractivity contribution in [2.45, 2.75) is 5.09 Å². The summed E-state index contributed by atoms with van der Waals surface area (Å²) in [6.07, 6.45) is 1.32. The molecule has 0 aliphatic heterocycles. The third-order valence-electron chi connectivity index (χ3n) is 2.04. The number of carbonyl (C=O) groups is 1. The fourth-order valence-electron chi connectivity index (χ4n) is 1.25. The molecule has 2 N–H and O–H groups in total. The second kappa shape index (κ2) is 4.90. The minimum Gasteiger partial charge on any atom is -0.475 e. The minimum atomic E-state index is -4.01. The third kappa shape index (κ3) is 3.04. The number of hydrogen-bond acceptors (Lipinski definition) is 5. The second-order valence-corrected chi connectivity index (χ2v) is 5.40. The maximum Gasteiger partial charge on any atom is 0.371 e. The number of carboxylic acid groups (broad SMARTS) is 1. The summed E-state index contributed by atoms with van der Waals surface area (Å²) in [4.78, 5) is 14.3. The predicted octanol–water partition coefficient (Wildman–Crippen LogP) is 1.83. The molecule has 0 atom stereocenters. The molecule has 0 spiro atoms. The quantitative estimate of drug-likeness (QED) is 0.834. The molecular formula is C10H7ClN2O5S. The van der Waals surface area contributed by atoms with Crippen LogP contribution in [0.2, 0.25) is 5.15 Å². The van der Waals surface area contributed by atoms with Gasteiger partial charge in [0, 0.05) is 6.20 Å². The van der Waals surface area contributed by atoms with Crippen molar-refractivity contribution >= 4 is 33.3 Å². The lowest BCUT2D eigenvalue weighted by atomic mass is 10.4. The van der Waals surface area contributed by atoms with E-state index in [1.54, 1.807) is 0 Å². The minimum absolute atomic E-state index is 0.117. The lowest BCUT2D eigenvalue weighted by Gasteiger charge is -2.05. The van der Waals surface area contributed by atoms with Gasteiger partial charge in [0.05, 0.1) is 5.69 Å². The Morgan fingerprint density at radius 3 is 2.68 bits per heavy atom. The van der Waals surface area contributed by atoms with E-state index >= 15 is 0 Å². The van der Waals surface area contributed by atoms with Crippen LogP contribution in [-0.2, 0) is 10.0 Å². The molecule has 0 saturated heterocycles. The average Bonchev–Trinajstić information content (AvgIpc) is 2.78. The highest BCUT2D eigenvalue weighted by Crippen LogP contribution is 2.19. The van der Waals surface area contributed by atoms with E-state index in [0.717, 1.165) is 12.1 Å². The second-order valence-electron chi connectivity index (χ2n) is 3.40. The lowest BCUT2D eigenvalue weighted by Crippen LogP contribution is -2.12. The van der Waals surface area contributed by atoms with Crippen molar-refractivity contribution in [3.63, 3.8) is 0 Å². The molecule has 0 aliphatic rings. The summed E-state index contributed by atoms with van der Waals surface area (Å²) in [7, 11) is -4.01. The van der Waals surface area contributed by atoms with Gasteiger partial charge in [0.15, 0.2) is 0 Å². The molecule has 0 bridgehead atoms. The number of anilines is 1. The Kier molecular flexibility index (Phi) is 3.45. The lowest BCUT2D eigenvalue weighted by molar-refractivity contribution is 0.0656. The predicted molar refractivity (Wildman–Crippen MR) is 65.7 cm³/mol. The van der Waals surface area contributed by atoms with Crippen LogP contribution in [0, 0.1) is 0 Å². The van der Waals surface area contributed by atoms with Crippen molar-refractivity contribution in [2.24, 2.45) is 0 Å². The number of aromatic carboxylic acids is 1. The standard InChI is InChI=1S/C10H7ClN2O5S/c11-8-5-6(3-4-12-8)13-19(16,17)9-2-1-7(18-9)10(14)15/h1-5H,(H,12,13)(H,14,15). The number of furan rings is 1. The largest absolute Gasteiger partial charge is 0.475 e. The molecule has 0 aliphatic carbocycles. The zero-order valence-electron chi connectivity index (χ0n) is 9.20. The molecule has 19 heavy (non-hydrogen) atoms. The van der Waals surface area contributed by atoms with Gasteiger partial charge in [-0.15, -0.1) is 0 Å². The number of halogens is 1. The van der Waals surface area contributed by atoms with Gasteiger partial charge in [-0.1, -0.05) is 11.6 Å². The molecule has 2 aromatic rings. The Balaban J connectivity index is 2.29. The number of carboxylic acids is 1. The number of aromatic nitrogens is 1. The summed E-state index contributed by atoms with van der Waals surface area (Å²) in [5.74, 6) is -1.82. The molecule has 7 nitrogen and oxygen atoms in total. The molecule has 0 saturated carbocycles. The summed E-state index contributed by atoms with van der Waals surface area (Å²) < 4.78 is 30.7. The van der Waals surface area contributed by atoms with E-state index in [1.807, 2.05) is 0 Å². The number of sulfonamides is 1. The molecule has 9 heteroatoms. The molecule has 2 aromatic heterocycles. The Morgan fingerprint density at radius 2 is 2.11 bits per heavy atom. The molecule has 0 aromatic carbocycles. The first-order valence-electron chi connectivity index (χ1n) is 4.86. The highest BCUT2D eigenvalue weighted by atomic mass is 35.5. The van der Waals surface area contributed by atoms with E-state index in [9.17, 15) is 13.2 Å². The van der Waals surface area contributed by atoms with Crippen molar-refractivity contribution in [3.05, 3.63) is 41.4 Å². The SMILES string of the molecule is O=C(O)c1ccc(S(=O)(=O)Nc2ccnc(Cl)c2)o1. The Morgan fingerprint density at radius 1 is 1.37 bits per heavy atom. The fraction of sp³-hybridized carbons (Fsp3) is 0. The molecule has 0 amide bonds. The van der Waals surface area contributed by atoms with E-state index in [2.05, 4.69) is 9.71 Å². The van der Waals surface area contributed by atoms with Gasteiger partial charge in [-0.2, -0.15) is 8.42 Å². The van der Waals surface area contributed by atoms with E-state index in [4.69, 9.17) is 21.1 Å². The molecule has 2 rings (SSSR count). The van der Waals surface area contributed by atoms with Crippen molar-refractivity contribution < 1.29 is 22.7 Å². The van der Waals surface area contributed by atoms with Crippen molar-refractivity contribution in [1.29, 1.82) is 0 Å². The zero-order chi connectivity index (χ0) is 14.0. The van der Waals surface area contributed by atoms with Crippen LogP contribution in [0.4, 0.5) is 5.69 Å². The number of nitrogens with zero attached hydrogens (tertiary/aromatic N) is 1. The third-order valence-corrected chi connectivity index (χ3v) is 3.50. The van der Waals surface area contributed by atoms with Crippen molar-refractivity contribution in [2.75, 3.05) is 4.72 Å². The smallest absolute Gasteiger partial charge is 0.371 e. The first kappa shape index (κ1) is 13.4. The van der Waals surface area contributed by atoms with Crippen LogP contribution in [0.5, 0.6) is 0 Å². The maximum absolute atomic E-state index is 11.9. The Labute approximate surface area is 112 Å². The van der Waals surface area contributed by atoms with E-state index in [1.165, 1.54) is 18.3 Å². The van der Waals surface area contributed by atoms with Crippen LogP contribution >= 0.6 is 11.6 Å². The summed E-state index contributed by atoms with van der Waals surface area (Å²) >= 11 is 5.62. The first-order chi connectivity index (χ1) is 8.88. The highest BCUT2D eigenvalue weighted by molar-refractivity contribution is 7.92.